The predicted molar refractivity (Wildman–Crippen MR) is 63.0 cm³/mol. The highest BCUT2D eigenvalue weighted by molar-refractivity contribution is 5.18. The summed E-state index contributed by atoms with van der Waals surface area (Å²) >= 11 is 0. The van der Waals surface area contributed by atoms with E-state index in [1.54, 1.807) is 0 Å². The molecule has 2 nitrogen and oxygen atoms in total. The smallest absolute Gasteiger partial charge is 0.0923 e. The van der Waals surface area contributed by atoms with Gasteiger partial charge in [-0.1, -0.05) is 6.07 Å². The van der Waals surface area contributed by atoms with Crippen LogP contribution in [0.15, 0.2) is 18.3 Å². The average molecular weight is 222 g/mol. The molecule has 0 aromatic carbocycles. The highest BCUT2D eigenvalue weighted by Crippen LogP contribution is 2.19. The topological polar surface area (TPSA) is 16.1 Å². The number of hydrogen-bond donors (Lipinski definition) is 0. The van der Waals surface area contributed by atoms with E-state index in [0.717, 1.165) is 38.2 Å². The van der Waals surface area contributed by atoms with Crippen LogP contribution in [-0.4, -0.2) is 29.6 Å². The Kier molecular flexibility index (Phi) is 3.88. The first-order valence-corrected chi connectivity index (χ1v) is 5.98. The predicted octanol–water partition coefficient (Wildman–Crippen LogP) is 2.57. The van der Waals surface area contributed by atoms with Crippen LogP contribution in [0.1, 0.15) is 24.1 Å². The summed E-state index contributed by atoms with van der Waals surface area (Å²) < 4.78 is 12.5. The van der Waals surface area contributed by atoms with Gasteiger partial charge in [0.2, 0.25) is 0 Å². The molecule has 1 saturated heterocycles. The van der Waals surface area contributed by atoms with Crippen LogP contribution >= 0.6 is 0 Å². The minimum atomic E-state index is -0.153. The van der Waals surface area contributed by atoms with E-state index in [1.165, 1.54) is 5.56 Å². The van der Waals surface area contributed by atoms with Crippen LogP contribution in [0.2, 0.25) is 0 Å². The lowest BCUT2D eigenvalue weighted by Gasteiger charge is -2.30. The van der Waals surface area contributed by atoms with Crippen molar-refractivity contribution < 1.29 is 4.39 Å². The van der Waals surface area contributed by atoms with Gasteiger partial charge in [-0.25, -0.2) is 0 Å². The summed E-state index contributed by atoms with van der Waals surface area (Å²) in [7, 11) is 0. The minimum Gasteiger partial charge on any atom is -0.299 e. The first-order valence-electron chi connectivity index (χ1n) is 5.98. The van der Waals surface area contributed by atoms with Gasteiger partial charge in [-0.3, -0.25) is 14.3 Å². The number of aryl methyl sites for hydroxylation is 1. The van der Waals surface area contributed by atoms with E-state index in [9.17, 15) is 4.39 Å². The molecule has 16 heavy (non-hydrogen) atoms. The molecule has 0 radical (unpaired) electrons. The Bertz CT molecular complexity index is 332. The van der Waals surface area contributed by atoms with Gasteiger partial charge in [-0.2, -0.15) is 0 Å². The number of halogens is 1. The summed E-state index contributed by atoms with van der Waals surface area (Å²) in [5, 5.41) is 0. The van der Waals surface area contributed by atoms with Gasteiger partial charge < -0.3 is 0 Å². The fourth-order valence-electron chi connectivity index (χ4n) is 2.22. The van der Waals surface area contributed by atoms with Crippen molar-refractivity contribution in [2.45, 2.75) is 26.3 Å². The van der Waals surface area contributed by atoms with Crippen molar-refractivity contribution in [3.8, 4) is 0 Å². The van der Waals surface area contributed by atoms with Crippen LogP contribution in [0, 0.1) is 12.8 Å². The Morgan fingerprint density at radius 3 is 2.81 bits per heavy atom. The van der Waals surface area contributed by atoms with Crippen LogP contribution in [-0.2, 0) is 6.54 Å². The van der Waals surface area contributed by atoms with E-state index in [2.05, 4.69) is 16.0 Å². The minimum absolute atomic E-state index is 0.153. The highest BCUT2D eigenvalue weighted by atomic mass is 19.1. The first-order chi connectivity index (χ1) is 7.79. The first kappa shape index (κ1) is 11.5. The second-order valence-corrected chi connectivity index (χ2v) is 4.62. The highest BCUT2D eigenvalue weighted by Gasteiger charge is 2.19. The van der Waals surface area contributed by atoms with Gasteiger partial charge in [0.1, 0.15) is 0 Å². The average Bonchev–Trinajstić information content (AvgIpc) is 2.33. The van der Waals surface area contributed by atoms with Crippen LogP contribution in [0.5, 0.6) is 0 Å². The van der Waals surface area contributed by atoms with E-state index < -0.39 is 0 Å². The molecule has 88 valence electrons. The zero-order chi connectivity index (χ0) is 11.4. The Morgan fingerprint density at radius 2 is 2.19 bits per heavy atom. The molecule has 1 aliphatic rings. The third-order valence-corrected chi connectivity index (χ3v) is 3.44. The van der Waals surface area contributed by atoms with Gasteiger partial charge in [-0.05, 0) is 50.4 Å². The zero-order valence-electron chi connectivity index (χ0n) is 9.82. The Morgan fingerprint density at radius 1 is 1.44 bits per heavy atom. The zero-order valence-corrected chi connectivity index (χ0v) is 9.82. The van der Waals surface area contributed by atoms with Gasteiger partial charge in [0.05, 0.1) is 6.67 Å². The molecule has 0 amide bonds. The van der Waals surface area contributed by atoms with E-state index >= 15 is 0 Å². The van der Waals surface area contributed by atoms with E-state index in [-0.39, 0.29) is 6.67 Å². The summed E-state index contributed by atoms with van der Waals surface area (Å²) in [5.74, 6) is 0.297. The Hall–Kier alpha value is -0.960. The summed E-state index contributed by atoms with van der Waals surface area (Å²) in [5.41, 5.74) is 2.40. The molecular formula is C13H19FN2. The Balaban J connectivity index is 1.89. The number of piperidine rings is 1. The Labute approximate surface area is 96.5 Å². The number of hydrogen-bond acceptors (Lipinski definition) is 2. The maximum atomic E-state index is 12.5. The molecule has 1 aromatic rings. The maximum Gasteiger partial charge on any atom is 0.0923 e. The van der Waals surface area contributed by atoms with Gasteiger partial charge in [0.25, 0.3) is 0 Å². The number of aromatic nitrogens is 1. The third-order valence-electron chi connectivity index (χ3n) is 3.44. The normalized spacial score (nSPS) is 18.9. The molecule has 0 bridgehead atoms. The van der Waals surface area contributed by atoms with Crippen LogP contribution < -0.4 is 0 Å². The number of pyridine rings is 1. The van der Waals surface area contributed by atoms with Crippen molar-refractivity contribution in [2.75, 3.05) is 19.8 Å². The fourth-order valence-corrected chi connectivity index (χ4v) is 2.22. The summed E-state index contributed by atoms with van der Waals surface area (Å²) in [6, 6.07) is 4.11. The molecule has 0 N–H and O–H groups in total. The van der Waals surface area contributed by atoms with Crippen LogP contribution in [0.4, 0.5) is 4.39 Å². The molecule has 3 heteroatoms. The quantitative estimate of drug-likeness (QED) is 0.781. The van der Waals surface area contributed by atoms with Gasteiger partial charge in [0.15, 0.2) is 0 Å². The van der Waals surface area contributed by atoms with E-state index in [4.69, 9.17) is 0 Å². The monoisotopic (exact) mass is 222 g/mol. The molecule has 1 aliphatic heterocycles. The van der Waals surface area contributed by atoms with Gasteiger partial charge in [-0.15, -0.1) is 0 Å². The summed E-state index contributed by atoms with van der Waals surface area (Å²) in [4.78, 5) is 6.69. The molecule has 0 saturated carbocycles. The third kappa shape index (κ3) is 2.79. The van der Waals surface area contributed by atoms with Crippen LogP contribution in [0.3, 0.4) is 0 Å². The van der Waals surface area contributed by atoms with Crippen molar-refractivity contribution in [2.24, 2.45) is 5.92 Å². The van der Waals surface area contributed by atoms with Crippen molar-refractivity contribution in [3.63, 3.8) is 0 Å². The number of likely N-dealkylation sites (tertiary alicyclic amines) is 1. The summed E-state index contributed by atoms with van der Waals surface area (Å²) in [6.07, 6.45) is 3.82. The molecule has 0 unspecified atom stereocenters. The molecule has 0 atom stereocenters. The van der Waals surface area contributed by atoms with E-state index in [1.807, 2.05) is 19.2 Å². The summed E-state index contributed by atoms with van der Waals surface area (Å²) in [6.45, 7) is 4.88. The lowest BCUT2D eigenvalue weighted by Crippen LogP contribution is -2.34. The maximum absolute atomic E-state index is 12.5. The SMILES string of the molecule is Cc1ncccc1CN1CCC(CF)CC1. The van der Waals surface area contributed by atoms with Crippen LogP contribution in [0.25, 0.3) is 0 Å². The molecule has 2 rings (SSSR count). The lowest BCUT2D eigenvalue weighted by molar-refractivity contribution is 0.159. The number of rotatable bonds is 3. The number of nitrogens with zero attached hydrogens (tertiary/aromatic N) is 2. The molecule has 1 aromatic heterocycles. The second kappa shape index (κ2) is 5.39. The van der Waals surface area contributed by atoms with Gasteiger partial charge in [0, 0.05) is 18.4 Å². The molecule has 1 fully saturated rings. The van der Waals surface area contributed by atoms with Gasteiger partial charge >= 0.3 is 0 Å². The largest absolute Gasteiger partial charge is 0.299 e. The van der Waals surface area contributed by atoms with Crippen molar-refractivity contribution >= 4 is 0 Å². The number of alkyl halides is 1. The van der Waals surface area contributed by atoms with E-state index in [0.29, 0.717) is 5.92 Å². The molecular weight excluding hydrogens is 203 g/mol. The van der Waals surface area contributed by atoms with Crippen molar-refractivity contribution in [3.05, 3.63) is 29.6 Å². The molecule has 0 aliphatic carbocycles. The second-order valence-electron chi connectivity index (χ2n) is 4.62. The standard InChI is InChI=1S/C13H19FN2/c1-11-13(3-2-6-15-11)10-16-7-4-12(9-14)5-8-16/h2-3,6,12H,4-5,7-10H2,1H3. The van der Waals surface area contributed by atoms with Crippen molar-refractivity contribution in [1.82, 2.24) is 9.88 Å². The van der Waals surface area contributed by atoms with Crippen molar-refractivity contribution in [1.29, 1.82) is 0 Å². The fraction of sp³-hybridized carbons (Fsp3) is 0.615. The molecule has 2 heterocycles. The lowest BCUT2D eigenvalue weighted by atomic mass is 9.98. The molecule has 0 spiro atoms.